The Balaban J connectivity index is 2.02. The number of anilines is 1. The molecule has 0 bridgehead atoms. The second-order valence-electron chi connectivity index (χ2n) is 5.00. The van der Waals surface area contributed by atoms with Crippen LogP contribution in [0.2, 0.25) is 5.02 Å². The quantitative estimate of drug-likeness (QED) is 0.874. The predicted octanol–water partition coefficient (Wildman–Crippen LogP) is 2.16. The minimum absolute atomic E-state index is 0.0297. The van der Waals surface area contributed by atoms with Gasteiger partial charge in [0.1, 0.15) is 0 Å². The summed E-state index contributed by atoms with van der Waals surface area (Å²) in [4.78, 5) is 12.3. The van der Waals surface area contributed by atoms with Crippen molar-refractivity contribution in [3.8, 4) is 6.07 Å². The van der Waals surface area contributed by atoms with Crippen LogP contribution in [0.5, 0.6) is 0 Å². The smallest absolute Gasteiger partial charge is 0.231 e. The van der Waals surface area contributed by atoms with Gasteiger partial charge in [-0.25, -0.2) is 0 Å². The van der Waals surface area contributed by atoms with Crippen LogP contribution in [0.15, 0.2) is 18.2 Å². The zero-order valence-corrected chi connectivity index (χ0v) is 12.6. The molecule has 0 spiro atoms. The third-order valence-corrected chi connectivity index (χ3v) is 3.74. The van der Waals surface area contributed by atoms with E-state index in [-0.39, 0.29) is 17.9 Å². The molecule has 2 unspecified atom stereocenters. The fourth-order valence-corrected chi connectivity index (χ4v) is 2.48. The largest absolute Gasteiger partial charge is 0.379 e. The number of nitrogens with one attached hydrogen (secondary N) is 2. The highest BCUT2D eigenvalue weighted by Gasteiger charge is 2.33. The highest BCUT2D eigenvalue weighted by molar-refractivity contribution is 6.33. The van der Waals surface area contributed by atoms with E-state index in [2.05, 4.69) is 17.6 Å². The van der Waals surface area contributed by atoms with Crippen molar-refractivity contribution in [2.75, 3.05) is 25.1 Å². The van der Waals surface area contributed by atoms with E-state index in [0.29, 0.717) is 29.5 Å². The number of benzene rings is 1. The summed E-state index contributed by atoms with van der Waals surface area (Å²) in [5.74, 6) is -0.351. The first-order chi connectivity index (χ1) is 10.2. The fraction of sp³-hybridized carbons (Fsp3) is 0.467. The highest BCUT2D eigenvalue weighted by Crippen LogP contribution is 2.24. The number of hydrogen-bond acceptors (Lipinski definition) is 4. The molecule has 0 aromatic heterocycles. The third-order valence-electron chi connectivity index (χ3n) is 3.43. The second kappa shape index (κ2) is 7.41. The minimum atomic E-state index is -0.233. The Morgan fingerprint density at radius 3 is 3.00 bits per heavy atom. The molecule has 2 N–H and O–H groups in total. The first-order valence-corrected chi connectivity index (χ1v) is 7.35. The van der Waals surface area contributed by atoms with Gasteiger partial charge in [-0.3, -0.25) is 4.79 Å². The van der Waals surface area contributed by atoms with Crippen LogP contribution in [-0.2, 0) is 9.53 Å². The Bertz CT molecular complexity index is 556. The van der Waals surface area contributed by atoms with Crippen molar-refractivity contribution < 1.29 is 9.53 Å². The van der Waals surface area contributed by atoms with Crippen LogP contribution in [0, 0.1) is 17.2 Å². The van der Waals surface area contributed by atoms with Gasteiger partial charge >= 0.3 is 0 Å². The summed E-state index contributed by atoms with van der Waals surface area (Å²) < 4.78 is 5.39. The monoisotopic (exact) mass is 307 g/mol. The number of nitrogens with zero attached hydrogens (tertiary/aromatic N) is 1. The molecule has 2 rings (SSSR count). The maximum Gasteiger partial charge on any atom is 0.231 e. The van der Waals surface area contributed by atoms with Crippen molar-refractivity contribution in [3.05, 3.63) is 28.8 Å². The van der Waals surface area contributed by atoms with E-state index in [1.165, 1.54) is 6.07 Å². The van der Waals surface area contributed by atoms with E-state index in [1.807, 2.05) is 6.07 Å². The highest BCUT2D eigenvalue weighted by atomic mass is 35.5. The van der Waals surface area contributed by atoms with Gasteiger partial charge in [0.25, 0.3) is 0 Å². The van der Waals surface area contributed by atoms with Crippen molar-refractivity contribution in [2.45, 2.75) is 19.4 Å². The molecule has 1 heterocycles. The Kier molecular flexibility index (Phi) is 5.57. The van der Waals surface area contributed by atoms with Crippen LogP contribution in [-0.4, -0.2) is 31.7 Å². The number of carbonyl (C=O) groups is 1. The van der Waals surface area contributed by atoms with E-state index in [4.69, 9.17) is 21.6 Å². The molecule has 112 valence electrons. The van der Waals surface area contributed by atoms with Gasteiger partial charge in [-0.1, -0.05) is 18.5 Å². The lowest BCUT2D eigenvalue weighted by Crippen LogP contribution is -2.41. The molecule has 1 aliphatic rings. The SMILES string of the molecule is CCCNC1COCC1C(=O)Nc1ccc(C#N)cc1Cl. The van der Waals surface area contributed by atoms with Gasteiger partial charge in [0.05, 0.1) is 41.5 Å². The molecule has 1 aromatic carbocycles. The van der Waals surface area contributed by atoms with Crippen LogP contribution >= 0.6 is 11.6 Å². The second-order valence-corrected chi connectivity index (χ2v) is 5.41. The lowest BCUT2D eigenvalue weighted by molar-refractivity contribution is -0.120. The third kappa shape index (κ3) is 3.94. The summed E-state index contributed by atoms with van der Waals surface area (Å²) in [7, 11) is 0. The molecule has 0 saturated carbocycles. The van der Waals surface area contributed by atoms with Crippen molar-refractivity contribution in [2.24, 2.45) is 5.92 Å². The summed E-state index contributed by atoms with van der Waals surface area (Å²) in [6.07, 6.45) is 1.01. The fourth-order valence-electron chi connectivity index (χ4n) is 2.26. The molecule has 1 fully saturated rings. The average Bonchev–Trinajstić information content (AvgIpc) is 2.95. The van der Waals surface area contributed by atoms with E-state index < -0.39 is 0 Å². The lowest BCUT2D eigenvalue weighted by atomic mass is 10.0. The number of halogens is 1. The molecule has 6 heteroatoms. The topological polar surface area (TPSA) is 74.2 Å². The lowest BCUT2D eigenvalue weighted by Gasteiger charge is -2.18. The van der Waals surface area contributed by atoms with Gasteiger partial charge in [-0.2, -0.15) is 5.26 Å². The van der Waals surface area contributed by atoms with Crippen molar-refractivity contribution in [1.29, 1.82) is 5.26 Å². The molecule has 1 aromatic rings. The number of carbonyl (C=O) groups excluding carboxylic acids is 1. The van der Waals surface area contributed by atoms with Gasteiger partial charge < -0.3 is 15.4 Å². The van der Waals surface area contributed by atoms with Crippen LogP contribution in [0.1, 0.15) is 18.9 Å². The van der Waals surface area contributed by atoms with Crippen LogP contribution in [0.25, 0.3) is 0 Å². The number of ether oxygens (including phenoxy) is 1. The van der Waals surface area contributed by atoms with Crippen LogP contribution in [0.4, 0.5) is 5.69 Å². The molecule has 1 amide bonds. The van der Waals surface area contributed by atoms with Crippen LogP contribution in [0.3, 0.4) is 0 Å². The zero-order valence-electron chi connectivity index (χ0n) is 11.9. The van der Waals surface area contributed by atoms with Crippen molar-refractivity contribution >= 4 is 23.2 Å². The molecular formula is C15H18ClN3O2. The zero-order chi connectivity index (χ0) is 15.2. The van der Waals surface area contributed by atoms with Gasteiger partial charge in [-0.05, 0) is 31.2 Å². The Hall–Kier alpha value is -1.61. The molecule has 21 heavy (non-hydrogen) atoms. The minimum Gasteiger partial charge on any atom is -0.379 e. The summed E-state index contributed by atoms with van der Waals surface area (Å²) in [6, 6.07) is 6.84. The maximum absolute atomic E-state index is 12.3. The molecule has 1 aliphatic heterocycles. The van der Waals surface area contributed by atoms with Gasteiger partial charge in [0, 0.05) is 6.04 Å². The first-order valence-electron chi connectivity index (χ1n) is 6.97. The number of nitriles is 1. The van der Waals surface area contributed by atoms with Gasteiger partial charge in [0.2, 0.25) is 5.91 Å². The van der Waals surface area contributed by atoms with E-state index in [0.717, 1.165) is 13.0 Å². The van der Waals surface area contributed by atoms with E-state index in [9.17, 15) is 4.79 Å². The predicted molar refractivity (Wildman–Crippen MR) is 81.2 cm³/mol. The van der Waals surface area contributed by atoms with Gasteiger partial charge in [0.15, 0.2) is 0 Å². The number of rotatable bonds is 5. The summed E-state index contributed by atoms with van der Waals surface area (Å²) in [5, 5.41) is 15.3. The molecular weight excluding hydrogens is 290 g/mol. The number of hydrogen-bond donors (Lipinski definition) is 2. The summed E-state index contributed by atoms with van der Waals surface area (Å²) in [5.41, 5.74) is 0.978. The standard InChI is InChI=1S/C15H18ClN3O2/c1-2-5-18-14-9-21-8-11(14)15(20)19-13-4-3-10(7-17)6-12(13)16/h3-4,6,11,14,18H,2,5,8-9H2,1H3,(H,19,20). The summed E-state index contributed by atoms with van der Waals surface area (Å²) in [6.45, 7) is 3.88. The van der Waals surface area contributed by atoms with Crippen LogP contribution < -0.4 is 10.6 Å². The van der Waals surface area contributed by atoms with Gasteiger partial charge in [-0.15, -0.1) is 0 Å². The summed E-state index contributed by atoms with van der Waals surface area (Å²) >= 11 is 6.07. The molecule has 0 aliphatic carbocycles. The van der Waals surface area contributed by atoms with E-state index in [1.54, 1.807) is 12.1 Å². The molecule has 0 radical (unpaired) electrons. The molecule has 2 atom stereocenters. The first kappa shape index (κ1) is 15.8. The Labute approximate surface area is 129 Å². The Morgan fingerprint density at radius 2 is 2.33 bits per heavy atom. The van der Waals surface area contributed by atoms with Crippen molar-refractivity contribution in [3.63, 3.8) is 0 Å². The number of amides is 1. The molecule has 1 saturated heterocycles. The van der Waals surface area contributed by atoms with Crippen molar-refractivity contribution in [1.82, 2.24) is 5.32 Å². The Morgan fingerprint density at radius 1 is 1.52 bits per heavy atom. The van der Waals surface area contributed by atoms with E-state index >= 15 is 0 Å². The molecule has 5 nitrogen and oxygen atoms in total. The normalized spacial score (nSPS) is 21.0. The maximum atomic E-state index is 12.3. The average molecular weight is 308 g/mol.